The lowest BCUT2D eigenvalue weighted by molar-refractivity contribution is -0.156. The second-order valence-electron chi connectivity index (χ2n) is 9.49. The number of pyridine rings is 1. The number of fused-ring (bicyclic) bond motifs is 2. The Bertz CT molecular complexity index is 1650. The first-order valence-corrected chi connectivity index (χ1v) is 12.9. The SMILES string of the molecule is CNOC(=O)C1CCC(c2nc(-c3cc4nc(-c5ccccc5)ccc4cc3Cl)c3c(N)ncnn23)CC1. The Balaban J connectivity index is 1.42. The monoisotopic (exact) mass is 527 g/mol. The maximum atomic E-state index is 12.2. The van der Waals surface area contributed by atoms with Crippen molar-refractivity contribution in [2.24, 2.45) is 5.92 Å². The van der Waals surface area contributed by atoms with Crippen LogP contribution in [-0.2, 0) is 9.63 Å². The molecular weight excluding hydrogens is 502 g/mol. The minimum absolute atomic E-state index is 0.103. The van der Waals surface area contributed by atoms with Gasteiger partial charge in [0.05, 0.1) is 22.2 Å². The zero-order valence-corrected chi connectivity index (χ0v) is 21.5. The molecule has 0 amide bonds. The molecule has 0 radical (unpaired) electrons. The molecule has 0 saturated heterocycles. The maximum Gasteiger partial charge on any atom is 0.327 e. The summed E-state index contributed by atoms with van der Waals surface area (Å²) >= 11 is 6.81. The number of aromatic nitrogens is 5. The molecule has 9 nitrogen and oxygen atoms in total. The highest BCUT2D eigenvalue weighted by atomic mass is 35.5. The minimum Gasteiger partial charge on any atom is -0.382 e. The highest BCUT2D eigenvalue weighted by Crippen LogP contribution is 2.40. The van der Waals surface area contributed by atoms with Gasteiger partial charge >= 0.3 is 5.97 Å². The van der Waals surface area contributed by atoms with E-state index in [9.17, 15) is 4.79 Å². The average Bonchev–Trinajstić information content (AvgIpc) is 3.34. The Kier molecular flexibility index (Phi) is 6.39. The number of benzene rings is 2. The summed E-state index contributed by atoms with van der Waals surface area (Å²) in [7, 11) is 1.59. The highest BCUT2D eigenvalue weighted by molar-refractivity contribution is 6.34. The zero-order valence-electron chi connectivity index (χ0n) is 20.8. The fourth-order valence-electron chi connectivity index (χ4n) is 5.29. The number of imidazole rings is 1. The second-order valence-corrected chi connectivity index (χ2v) is 9.89. The third-order valence-electron chi connectivity index (χ3n) is 7.22. The standard InChI is InChI=1S/C28H26ClN7O2/c1-31-38-28(37)18-9-7-17(8-10-18)27-35-24(25-26(30)32-15-33-36(25)27)20-14-23-19(13-21(20)29)11-12-22(34-23)16-5-3-2-4-6-16/h2-6,11-15,17-18,31H,7-10H2,1H3,(H2,30,32,33). The van der Waals surface area contributed by atoms with Gasteiger partial charge in [0.1, 0.15) is 23.4 Å². The Hall–Kier alpha value is -4.08. The lowest BCUT2D eigenvalue weighted by atomic mass is 9.81. The molecule has 1 fully saturated rings. The van der Waals surface area contributed by atoms with Crippen molar-refractivity contribution in [3.63, 3.8) is 0 Å². The molecule has 3 heterocycles. The van der Waals surface area contributed by atoms with Crippen LogP contribution in [-0.4, -0.2) is 37.6 Å². The number of rotatable bonds is 5. The zero-order chi connectivity index (χ0) is 26.2. The van der Waals surface area contributed by atoms with Gasteiger partial charge in [0.15, 0.2) is 5.82 Å². The van der Waals surface area contributed by atoms with Gasteiger partial charge in [0.25, 0.3) is 0 Å². The van der Waals surface area contributed by atoms with Crippen LogP contribution in [0.15, 0.2) is 60.9 Å². The quantitative estimate of drug-likeness (QED) is 0.299. The number of carbonyl (C=O) groups is 1. The van der Waals surface area contributed by atoms with E-state index >= 15 is 0 Å². The first kappa shape index (κ1) is 24.3. The number of nitrogens with two attached hydrogens (primary N) is 1. The molecule has 1 aliphatic carbocycles. The molecular formula is C28H26ClN7O2. The van der Waals surface area contributed by atoms with Gasteiger partial charge in [-0.15, -0.1) is 0 Å². The Morgan fingerprint density at radius 1 is 1.08 bits per heavy atom. The number of hydrogen-bond acceptors (Lipinski definition) is 8. The summed E-state index contributed by atoms with van der Waals surface area (Å²) in [4.78, 5) is 31.3. The lowest BCUT2D eigenvalue weighted by Gasteiger charge is -2.25. The highest BCUT2D eigenvalue weighted by Gasteiger charge is 2.32. The smallest absolute Gasteiger partial charge is 0.327 e. The van der Waals surface area contributed by atoms with Crippen LogP contribution in [0, 0.1) is 5.92 Å². The van der Waals surface area contributed by atoms with Gasteiger partial charge in [0, 0.05) is 29.5 Å². The van der Waals surface area contributed by atoms with E-state index in [2.05, 4.69) is 15.6 Å². The van der Waals surface area contributed by atoms with E-state index in [-0.39, 0.29) is 17.8 Å². The van der Waals surface area contributed by atoms with E-state index < -0.39 is 0 Å². The van der Waals surface area contributed by atoms with Gasteiger partial charge in [0.2, 0.25) is 0 Å². The largest absolute Gasteiger partial charge is 0.382 e. The summed E-state index contributed by atoms with van der Waals surface area (Å²) in [6.07, 6.45) is 4.40. The molecule has 10 heteroatoms. The fraction of sp³-hybridized carbons (Fsp3) is 0.250. The third kappa shape index (κ3) is 4.33. The van der Waals surface area contributed by atoms with E-state index in [0.29, 0.717) is 40.5 Å². The predicted molar refractivity (Wildman–Crippen MR) is 146 cm³/mol. The van der Waals surface area contributed by atoms with Crippen molar-refractivity contribution in [3.8, 4) is 22.5 Å². The number of nitrogen functional groups attached to an aromatic ring is 1. The summed E-state index contributed by atoms with van der Waals surface area (Å²) in [6.45, 7) is 0. The van der Waals surface area contributed by atoms with Crippen LogP contribution >= 0.6 is 11.6 Å². The molecule has 3 aromatic heterocycles. The third-order valence-corrected chi connectivity index (χ3v) is 7.53. The van der Waals surface area contributed by atoms with Gasteiger partial charge in [-0.1, -0.05) is 48.0 Å². The van der Waals surface area contributed by atoms with E-state index in [4.69, 9.17) is 32.1 Å². The van der Waals surface area contributed by atoms with Gasteiger partial charge < -0.3 is 10.6 Å². The molecule has 38 heavy (non-hydrogen) atoms. The van der Waals surface area contributed by atoms with E-state index in [1.807, 2.05) is 54.6 Å². The lowest BCUT2D eigenvalue weighted by Crippen LogP contribution is -2.27. The van der Waals surface area contributed by atoms with E-state index in [0.717, 1.165) is 40.8 Å². The van der Waals surface area contributed by atoms with Crippen LogP contribution < -0.4 is 11.2 Å². The fourth-order valence-corrected chi connectivity index (χ4v) is 5.56. The number of nitrogens with one attached hydrogen (secondary N) is 1. The van der Waals surface area contributed by atoms with Crippen LogP contribution in [0.25, 0.3) is 38.9 Å². The first-order valence-electron chi connectivity index (χ1n) is 12.6. The van der Waals surface area contributed by atoms with Crippen molar-refractivity contribution >= 4 is 39.8 Å². The van der Waals surface area contributed by atoms with Crippen LogP contribution in [0.4, 0.5) is 5.82 Å². The molecule has 3 N–H and O–H groups in total. The molecule has 0 atom stereocenters. The van der Waals surface area contributed by atoms with Gasteiger partial charge in [-0.2, -0.15) is 10.6 Å². The number of anilines is 1. The van der Waals surface area contributed by atoms with E-state index in [1.165, 1.54) is 6.33 Å². The van der Waals surface area contributed by atoms with E-state index in [1.54, 1.807) is 11.6 Å². The van der Waals surface area contributed by atoms with Gasteiger partial charge in [-0.3, -0.25) is 4.79 Å². The summed E-state index contributed by atoms with van der Waals surface area (Å²) in [5.74, 6) is 0.848. The number of hydroxylamine groups is 1. The van der Waals surface area contributed by atoms with Crippen LogP contribution in [0.1, 0.15) is 37.4 Å². The van der Waals surface area contributed by atoms with Crippen molar-refractivity contribution in [3.05, 3.63) is 71.8 Å². The van der Waals surface area contributed by atoms with Crippen molar-refractivity contribution in [2.75, 3.05) is 12.8 Å². The van der Waals surface area contributed by atoms with Crippen molar-refractivity contribution in [1.29, 1.82) is 0 Å². The Morgan fingerprint density at radius 3 is 2.63 bits per heavy atom. The topological polar surface area (TPSA) is 120 Å². The molecule has 0 spiro atoms. The van der Waals surface area contributed by atoms with Gasteiger partial charge in [-0.05, 0) is 43.9 Å². The number of carbonyl (C=O) groups excluding carboxylic acids is 1. The second kappa shape index (κ2) is 10.00. The molecule has 0 unspecified atom stereocenters. The summed E-state index contributed by atoms with van der Waals surface area (Å²) in [6, 6.07) is 17.9. The molecule has 6 rings (SSSR count). The molecule has 0 bridgehead atoms. The van der Waals surface area contributed by atoms with Crippen LogP contribution in [0.2, 0.25) is 5.02 Å². The summed E-state index contributed by atoms with van der Waals surface area (Å²) in [5, 5.41) is 5.97. The predicted octanol–water partition coefficient (Wildman–Crippen LogP) is 5.19. The Labute approximate surface area is 224 Å². The number of nitrogens with zero attached hydrogens (tertiary/aromatic N) is 5. The molecule has 1 aliphatic rings. The van der Waals surface area contributed by atoms with Crippen molar-refractivity contribution in [2.45, 2.75) is 31.6 Å². The number of halogens is 1. The normalized spacial score (nSPS) is 17.6. The van der Waals surface area contributed by atoms with Crippen LogP contribution in [0.5, 0.6) is 0 Å². The molecule has 5 aromatic rings. The molecule has 192 valence electrons. The molecule has 0 aliphatic heterocycles. The Morgan fingerprint density at radius 2 is 1.87 bits per heavy atom. The first-order chi connectivity index (χ1) is 18.5. The van der Waals surface area contributed by atoms with Crippen molar-refractivity contribution < 1.29 is 9.63 Å². The molecule has 1 saturated carbocycles. The molecule has 2 aromatic carbocycles. The maximum absolute atomic E-state index is 12.2. The summed E-state index contributed by atoms with van der Waals surface area (Å²) in [5.41, 5.74) is 13.5. The van der Waals surface area contributed by atoms with Gasteiger partial charge in [-0.25, -0.2) is 19.5 Å². The van der Waals surface area contributed by atoms with Crippen molar-refractivity contribution in [1.82, 2.24) is 30.0 Å². The number of hydrogen-bond donors (Lipinski definition) is 2. The van der Waals surface area contributed by atoms with Crippen LogP contribution in [0.3, 0.4) is 0 Å². The summed E-state index contributed by atoms with van der Waals surface area (Å²) < 4.78 is 1.77. The average molecular weight is 528 g/mol. The minimum atomic E-state index is -0.225.